The van der Waals surface area contributed by atoms with Crippen LogP contribution in [0.5, 0.6) is 0 Å². The molecule has 4 N–H and O–H groups in total. The fourth-order valence-electron chi connectivity index (χ4n) is 1.49. The van der Waals surface area contributed by atoms with Gasteiger partial charge >= 0.3 is 0 Å². The van der Waals surface area contributed by atoms with Crippen molar-refractivity contribution in [2.45, 2.75) is 19.1 Å². The molecule has 0 aliphatic heterocycles. The molecule has 0 amide bonds. The maximum absolute atomic E-state index is 10.7. The first-order valence-corrected chi connectivity index (χ1v) is 5.38. The van der Waals surface area contributed by atoms with Crippen molar-refractivity contribution in [3.05, 3.63) is 33.4 Å². The maximum atomic E-state index is 10.7. The molecule has 0 aliphatic carbocycles. The molecule has 2 atom stereocenters. The summed E-state index contributed by atoms with van der Waals surface area (Å²) in [5, 5.41) is 29.9. The number of hydrogen-bond donors (Lipinski definition) is 3. The van der Waals surface area contributed by atoms with Gasteiger partial charge in [0.15, 0.2) is 0 Å². The van der Waals surface area contributed by atoms with Crippen LogP contribution < -0.4 is 5.73 Å². The van der Waals surface area contributed by atoms with Crippen molar-refractivity contribution in [3.8, 4) is 0 Å². The van der Waals surface area contributed by atoms with Gasteiger partial charge in [0.25, 0.3) is 5.69 Å². The lowest BCUT2D eigenvalue weighted by Crippen LogP contribution is -2.21. The quantitative estimate of drug-likeness (QED) is 0.325. The minimum atomic E-state index is -1.34. The molecule has 94 valence electrons. The Morgan fingerprint density at radius 2 is 2.12 bits per heavy atom. The Kier molecular flexibility index (Phi) is 4.28. The zero-order valence-electron chi connectivity index (χ0n) is 9.13. The number of halogens is 1. The second kappa shape index (κ2) is 5.31. The summed E-state index contributed by atoms with van der Waals surface area (Å²) in [6.45, 7) is 1.63. The number of aliphatic hydroxyl groups is 2. The molecule has 7 heteroatoms. The van der Waals surface area contributed by atoms with Gasteiger partial charge in [-0.3, -0.25) is 10.1 Å². The van der Waals surface area contributed by atoms with Crippen molar-refractivity contribution in [1.82, 2.24) is 0 Å². The molecule has 1 rings (SSSR count). The highest BCUT2D eigenvalue weighted by molar-refractivity contribution is 6.18. The lowest BCUT2D eigenvalue weighted by atomic mass is 10.00. The topological polar surface area (TPSA) is 110 Å². The van der Waals surface area contributed by atoms with E-state index in [4.69, 9.17) is 17.3 Å². The monoisotopic (exact) mass is 260 g/mol. The summed E-state index contributed by atoms with van der Waals surface area (Å²) in [6.07, 6.45) is -2.56. The molecule has 0 aromatic heterocycles. The average Bonchev–Trinajstić information content (AvgIpc) is 2.29. The first-order valence-electron chi connectivity index (χ1n) is 4.85. The van der Waals surface area contributed by atoms with Crippen molar-refractivity contribution in [3.63, 3.8) is 0 Å². The van der Waals surface area contributed by atoms with E-state index in [0.717, 1.165) is 0 Å². The van der Waals surface area contributed by atoms with E-state index in [1.54, 1.807) is 6.92 Å². The van der Waals surface area contributed by atoms with E-state index in [0.29, 0.717) is 5.56 Å². The van der Waals surface area contributed by atoms with Crippen LogP contribution in [0.4, 0.5) is 11.4 Å². The predicted molar refractivity (Wildman–Crippen MR) is 63.9 cm³/mol. The van der Waals surface area contributed by atoms with Crippen LogP contribution in [0.3, 0.4) is 0 Å². The molecule has 0 spiro atoms. The summed E-state index contributed by atoms with van der Waals surface area (Å²) < 4.78 is 0. The zero-order chi connectivity index (χ0) is 13.2. The van der Waals surface area contributed by atoms with Crippen LogP contribution in [0.2, 0.25) is 0 Å². The summed E-state index contributed by atoms with van der Waals surface area (Å²) in [4.78, 5) is 10.1. The van der Waals surface area contributed by atoms with Gasteiger partial charge in [-0.15, -0.1) is 11.6 Å². The Morgan fingerprint density at radius 1 is 1.53 bits per heavy atom. The van der Waals surface area contributed by atoms with Crippen LogP contribution >= 0.6 is 11.6 Å². The number of anilines is 1. The Balaban J connectivity index is 3.29. The van der Waals surface area contributed by atoms with E-state index in [2.05, 4.69) is 0 Å². The first-order chi connectivity index (χ1) is 7.88. The second-order valence-electron chi connectivity index (χ2n) is 3.71. The number of aryl methyl sites for hydroxylation is 1. The number of benzene rings is 1. The normalized spacial score (nSPS) is 14.4. The molecule has 6 nitrogen and oxygen atoms in total. The molecule has 17 heavy (non-hydrogen) atoms. The SMILES string of the molecule is Cc1cc(C(O)C(O)CCl)c(N)c([N+](=O)[O-])c1. The van der Waals surface area contributed by atoms with Crippen molar-refractivity contribution in [2.24, 2.45) is 0 Å². The number of nitro groups is 1. The van der Waals surface area contributed by atoms with Crippen LogP contribution in [-0.4, -0.2) is 27.1 Å². The van der Waals surface area contributed by atoms with Gasteiger partial charge in [0.2, 0.25) is 0 Å². The Labute approximate surface area is 103 Å². The third-order valence-corrected chi connectivity index (χ3v) is 2.69. The predicted octanol–water partition coefficient (Wildman–Crippen LogP) is 1.12. The summed E-state index contributed by atoms with van der Waals surface area (Å²) >= 11 is 5.41. The van der Waals surface area contributed by atoms with Crippen LogP contribution in [0.15, 0.2) is 12.1 Å². The third kappa shape index (κ3) is 2.85. The number of nitro benzene ring substituents is 1. The van der Waals surface area contributed by atoms with Gasteiger partial charge < -0.3 is 15.9 Å². The molecule has 0 aliphatic rings. The highest BCUT2D eigenvalue weighted by Gasteiger charge is 2.25. The summed E-state index contributed by atoms with van der Waals surface area (Å²) in [6, 6.07) is 2.79. The Hall–Kier alpha value is -1.37. The molecule has 1 aromatic carbocycles. The number of nitrogen functional groups attached to an aromatic ring is 1. The number of nitrogens with zero attached hydrogens (tertiary/aromatic N) is 1. The smallest absolute Gasteiger partial charge is 0.292 e. The van der Waals surface area contributed by atoms with E-state index in [1.165, 1.54) is 12.1 Å². The van der Waals surface area contributed by atoms with Crippen LogP contribution in [0.1, 0.15) is 17.2 Å². The largest absolute Gasteiger partial charge is 0.393 e. The third-order valence-electron chi connectivity index (χ3n) is 2.37. The highest BCUT2D eigenvalue weighted by Crippen LogP contribution is 2.32. The van der Waals surface area contributed by atoms with Gasteiger partial charge in [-0.1, -0.05) is 6.07 Å². The van der Waals surface area contributed by atoms with Gasteiger partial charge in [-0.2, -0.15) is 0 Å². The second-order valence-corrected chi connectivity index (χ2v) is 4.02. The number of hydrogen-bond acceptors (Lipinski definition) is 5. The van der Waals surface area contributed by atoms with Gasteiger partial charge in [0, 0.05) is 11.6 Å². The maximum Gasteiger partial charge on any atom is 0.292 e. The molecule has 0 saturated heterocycles. The molecular formula is C10H13ClN2O4. The van der Waals surface area contributed by atoms with Gasteiger partial charge in [0.1, 0.15) is 11.8 Å². The molecule has 0 heterocycles. The van der Waals surface area contributed by atoms with Crippen LogP contribution in [-0.2, 0) is 0 Å². The first kappa shape index (κ1) is 13.7. The number of nitrogens with two attached hydrogens (primary N) is 1. The lowest BCUT2D eigenvalue weighted by molar-refractivity contribution is -0.384. The van der Waals surface area contributed by atoms with Gasteiger partial charge in [0.05, 0.1) is 16.9 Å². The molecule has 0 fully saturated rings. The van der Waals surface area contributed by atoms with Crippen molar-refractivity contribution in [1.29, 1.82) is 0 Å². The molecule has 2 unspecified atom stereocenters. The summed E-state index contributed by atoms with van der Waals surface area (Å²) in [5.41, 5.74) is 5.83. The van der Waals surface area contributed by atoms with Crippen molar-refractivity contribution < 1.29 is 15.1 Å². The molecular weight excluding hydrogens is 248 g/mol. The van der Waals surface area contributed by atoms with Gasteiger partial charge in [-0.05, 0) is 12.5 Å². The number of aliphatic hydroxyl groups excluding tert-OH is 2. The summed E-state index contributed by atoms with van der Waals surface area (Å²) in [7, 11) is 0. The standard InChI is InChI=1S/C10H13ClN2O4/c1-5-2-6(10(15)8(14)4-11)9(12)7(3-5)13(16)17/h2-3,8,10,14-15H,4,12H2,1H3. The Bertz CT molecular complexity index is 439. The number of rotatable bonds is 4. The van der Waals surface area contributed by atoms with E-state index in [1.807, 2.05) is 0 Å². The van der Waals surface area contributed by atoms with Crippen molar-refractivity contribution >= 4 is 23.0 Å². The zero-order valence-corrected chi connectivity index (χ0v) is 9.89. The minimum absolute atomic E-state index is 0.116. The van der Waals surface area contributed by atoms with Gasteiger partial charge in [-0.25, -0.2) is 0 Å². The fourth-order valence-corrected chi connectivity index (χ4v) is 1.66. The minimum Gasteiger partial charge on any atom is -0.393 e. The fraction of sp³-hybridized carbons (Fsp3) is 0.400. The Morgan fingerprint density at radius 3 is 2.59 bits per heavy atom. The molecule has 0 saturated carbocycles. The van der Waals surface area contributed by atoms with Crippen LogP contribution in [0, 0.1) is 17.0 Å². The van der Waals surface area contributed by atoms with Crippen molar-refractivity contribution in [2.75, 3.05) is 11.6 Å². The van der Waals surface area contributed by atoms with E-state index in [-0.39, 0.29) is 22.8 Å². The molecule has 0 radical (unpaired) electrons. The van der Waals surface area contributed by atoms with Crippen LogP contribution in [0.25, 0.3) is 0 Å². The summed E-state index contributed by atoms with van der Waals surface area (Å²) in [5.74, 6) is -0.192. The highest BCUT2D eigenvalue weighted by atomic mass is 35.5. The van der Waals surface area contributed by atoms with E-state index >= 15 is 0 Å². The van der Waals surface area contributed by atoms with E-state index < -0.39 is 17.1 Å². The average molecular weight is 261 g/mol. The van der Waals surface area contributed by atoms with E-state index in [9.17, 15) is 20.3 Å². The number of alkyl halides is 1. The molecule has 0 bridgehead atoms. The molecule has 1 aromatic rings. The lowest BCUT2D eigenvalue weighted by Gasteiger charge is -2.18.